The lowest BCUT2D eigenvalue weighted by atomic mass is 10.0. The summed E-state index contributed by atoms with van der Waals surface area (Å²) in [4.78, 5) is 23.6. The second-order valence-electron chi connectivity index (χ2n) is 4.93. The first-order valence-electron chi connectivity index (χ1n) is 6.27. The summed E-state index contributed by atoms with van der Waals surface area (Å²) in [6.07, 6.45) is 0. The molecule has 2 rings (SSSR count). The Kier molecular flexibility index (Phi) is 4.00. The molecule has 0 atom stereocenters. The molecule has 0 aliphatic carbocycles. The lowest BCUT2D eigenvalue weighted by Crippen LogP contribution is -2.20. The predicted octanol–water partition coefficient (Wildman–Crippen LogP) is 3.22. The Labute approximate surface area is 116 Å². The number of benzene rings is 1. The molecule has 2 aromatic rings. The Hall–Kier alpha value is -1.68. The smallest absolute Gasteiger partial charge is 0.296 e. The number of aryl methyl sites for hydroxylation is 1. The molecule has 0 spiro atoms. The first kappa shape index (κ1) is 13.7. The SMILES string of the molecule is Cc1csc(=O)n1CC(=O)c1ccc(C(C)C)cc1. The topological polar surface area (TPSA) is 39.1 Å². The monoisotopic (exact) mass is 275 g/mol. The number of carbonyl (C=O) groups is 1. The third-order valence-corrected chi connectivity index (χ3v) is 4.06. The van der Waals surface area contributed by atoms with Gasteiger partial charge < -0.3 is 0 Å². The van der Waals surface area contributed by atoms with Crippen molar-refractivity contribution < 1.29 is 4.79 Å². The fourth-order valence-electron chi connectivity index (χ4n) is 1.88. The average molecular weight is 275 g/mol. The summed E-state index contributed by atoms with van der Waals surface area (Å²) >= 11 is 1.13. The summed E-state index contributed by atoms with van der Waals surface area (Å²) in [6, 6.07) is 7.62. The molecule has 0 saturated carbocycles. The van der Waals surface area contributed by atoms with Gasteiger partial charge in [-0.2, -0.15) is 0 Å². The molecule has 4 heteroatoms. The predicted molar refractivity (Wildman–Crippen MR) is 78.2 cm³/mol. The standard InChI is InChI=1S/C15H17NO2S/c1-10(2)12-4-6-13(7-5-12)14(17)8-16-11(3)9-19-15(16)18/h4-7,9-10H,8H2,1-3H3. The van der Waals surface area contributed by atoms with Gasteiger partial charge in [0.25, 0.3) is 0 Å². The minimum Gasteiger partial charge on any atom is -0.296 e. The van der Waals surface area contributed by atoms with Crippen LogP contribution in [0.3, 0.4) is 0 Å². The molecule has 1 aromatic carbocycles. The van der Waals surface area contributed by atoms with Crippen molar-refractivity contribution in [2.24, 2.45) is 0 Å². The molecule has 0 bridgehead atoms. The van der Waals surface area contributed by atoms with E-state index in [-0.39, 0.29) is 17.2 Å². The van der Waals surface area contributed by atoms with E-state index < -0.39 is 0 Å². The summed E-state index contributed by atoms with van der Waals surface area (Å²) in [6.45, 7) is 6.19. The molecule has 19 heavy (non-hydrogen) atoms. The van der Waals surface area contributed by atoms with Crippen LogP contribution in [0, 0.1) is 6.92 Å². The lowest BCUT2D eigenvalue weighted by molar-refractivity contribution is 0.0970. The highest BCUT2D eigenvalue weighted by Gasteiger charge is 2.11. The van der Waals surface area contributed by atoms with Crippen LogP contribution >= 0.6 is 11.3 Å². The van der Waals surface area contributed by atoms with Crippen LogP contribution in [-0.4, -0.2) is 10.4 Å². The molecular formula is C15H17NO2S. The highest BCUT2D eigenvalue weighted by atomic mass is 32.1. The van der Waals surface area contributed by atoms with E-state index in [2.05, 4.69) is 13.8 Å². The van der Waals surface area contributed by atoms with Gasteiger partial charge in [0.05, 0.1) is 6.54 Å². The summed E-state index contributed by atoms with van der Waals surface area (Å²) < 4.78 is 1.52. The highest BCUT2D eigenvalue weighted by molar-refractivity contribution is 7.07. The van der Waals surface area contributed by atoms with Crippen molar-refractivity contribution in [3.63, 3.8) is 0 Å². The van der Waals surface area contributed by atoms with Gasteiger partial charge in [-0.1, -0.05) is 49.4 Å². The van der Waals surface area contributed by atoms with Crippen LogP contribution in [0.2, 0.25) is 0 Å². The van der Waals surface area contributed by atoms with Gasteiger partial charge >= 0.3 is 4.87 Å². The number of carbonyl (C=O) groups excluding carboxylic acids is 1. The first-order chi connectivity index (χ1) is 8.99. The van der Waals surface area contributed by atoms with Crippen molar-refractivity contribution >= 4 is 17.1 Å². The van der Waals surface area contributed by atoms with Gasteiger partial charge in [0, 0.05) is 16.6 Å². The van der Waals surface area contributed by atoms with Gasteiger partial charge in [-0.25, -0.2) is 0 Å². The van der Waals surface area contributed by atoms with E-state index in [4.69, 9.17) is 0 Å². The quantitative estimate of drug-likeness (QED) is 0.804. The fourth-order valence-corrected chi connectivity index (χ4v) is 2.62. The number of hydrogen-bond donors (Lipinski definition) is 0. The Morgan fingerprint density at radius 3 is 2.37 bits per heavy atom. The summed E-state index contributed by atoms with van der Waals surface area (Å²) in [5, 5.41) is 1.78. The molecule has 0 radical (unpaired) electrons. The molecule has 0 aliphatic heterocycles. The largest absolute Gasteiger partial charge is 0.307 e. The van der Waals surface area contributed by atoms with E-state index in [9.17, 15) is 9.59 Å². The zero-order valence-electron chi connectivity index (χ0n) is 11.3. The second-order valence-corrected chi connectivity index (χ2v) is 5.75. The number of rotatable bonds is 4. The molecule has 0 aliphatic rings. The Bertz CT molecular complexity index is 635. The van der Waals surface area contributed by atoms with Crippen LogP contribution < -0.4 is 4.87 Å². The molecule has 0 saturated heterocycles. The Morgan fingerprint density at radius 2 is 1.89 bits per heavy atom. The van der Waals surface area contributed by atoms with E-state index in [1.165, 1.54) is 10.1 Å². The number of ketones is 1. The van der Waals surface area contributed by atoms with Crippen LogP contribution in [0.15, 0.2) is 34.4 Å². The number of hydrogen-bond acceptors (Lipinski definition) is 3. The maximum atomic E-state index is 12.1. The van der Waals surface area contributed by atoms with Gasteiger partial charge in [0.2, 0.25) is 0 Å². The molecule has 0 N–H and O–H groups in total. The second kappa shape index (κ2) is 5.53. The molecule has 1 heterocycles. The first-order valence-corrected chi connectivity index (χ1v) is 7.15. The van der Waals surface area contributed by atoms with Crippen LogP contribution in [0.5, 0.6) is 0 Å². The van der Waals surface area contributed by atoms with Crippen LogP contribution in [0.1, 0.15) is 41.4 Å². The zero-order valence-corrected chi connectivity index (χ0v) is 12.2. The molecular weight excluding hydrogens is 258 g/mol. The van der Waals surface area contributed by atoms with Crippen LogP contribution in [0.4, 0.5) is 0 Å². The van der Waals surface area contributed by atoms with E-state index in [1.54, 1.807) is 5.38 Å². The van der Waals surface area contributed by atoms with Crippen LogP contribution in [-0.2, 0) is 6.54 Å². The highest BCUT2D eigenvalue weighted by Crippen LogP contribution is 2.15. The Morgan fingerprint density at radius 1 is 1.26 bits per heavy atom. The van der Waals surface area contributed by atoms with Gasteiger partial charge in [0.15, 0.2) is 5.78 Å². The summed E-state index contributed by atoms with van der Waals surface area (Å²) in [5.41, 5.74) is 2.70. The Balaban J connectivity index is 2.19. The van der Waals surface area contributed by atoms with Crippen molar-refractivity contribution in [3.05, 3.63) is 56.1 Å². The number of Topliss-reactive ketones (excluding diaryl/α,β-unsaturated/α-hetero) is 1. The van der Waals surface area contributed by atoms with Gasteiger partial charge in [-0.3, -0.25) is 14.2 Å². The van der Waals surface area contributed by atoms with E-state index in [0.29, 0.717) is 11.5 Å². The van der Waals surface area contributed by atoms with Crippen molar-refractivity contribution in [3.8, 4) is 0 Å². The minimum atomic E-state index is -0.0790. The fraction of sp³-hybridized carbons (Fsp3) is 0.333. The normalized spacial score (nSPS) is 10.9. The lowest BCUT2D eigenvalue weighted by Gasteiger charge is -2.07. The average Bonchev–Trinajstić information content (AvgIpc) is 2.70. The number of aromatic nitrogens is 1. The summed E-state index contributed by atoms with van der Waals surface area (Å²) in [5.74, 6) is 0.421. The van der Waals surface area contributed by atoms with Gasteiger partial charge in [-0.05, 0) is 18.4 Å². The number of nitrogens with zero attached hydrogens (tertiary/aromatic N) is 1. The third kappa shape index (κ3) is 3.01. The van der Waals surface area contributed by atoms with Gasteiger partial charge in [-0.15, -0.1) is 0 Å². The van der Waals surface area contributed by atoms with E-state index in [0.717, 1.165) is 17.0 Å². The minimum absolute atomic E-state index is 0.0288. The van der Waals surface area contributed by atoms with Crippen molar-refractivity contribution in [1.82, 2.24) is 4.57 Å². The van der Waals surface area contributed by atoms with Crippen molar-refractivity contribution in [2.45, 2.75) is 33.2 Å². The molecule has 3 nitrogen and oxygen atoms in total. The zero-order chi connectivity index (χ0) is 14.0. The van der Waals surface area contributed by atoms with Gasteiger partial charge in [0.1, 0.15) is 0 Å². The molecule has 0 fully saturated rings. The maximum absolute atomic E-state index is 12.1. The molecule has 1 aromatic heterocycles. The third-order valence-electron chi connectivity index (χ3n) is 3.18. The molecule has 0 unspecified atom stereocenters. The molecule has 0 amide bonds. The number of thiazole rings is 1. The molecule has 100 valence electrons. The van der Waals surface area contributed by atoms with Crippen molar-refractivity contribution in [1.29, 1.82) is 0 Å². The van der Waals surface area contributed by atoms with Crippen LogP contribution in [0.25, 0.3) is 0 Å². The van der Waals surface area contributed by atoms with E-state index in [1.807, 2.05) is 31.2 Å². The van der Waals surface area contributed by atoms with Crippen molar-refractivity contribution in [2.75, 3.05) is 0 Å². The summed E-state index contributed by atoms with van der Waals surface area (Å²) in [7, 11) is 0. The maximum Gasteiger partial charge on any atom is 0.307 e. The van der Waals surface area contributed by atoms with E-state index >= 15 is 0 Å².